The number of ether oxygens (including phenoxy) is 2. The molecule has 0 N–H and O–H groups in total. The Morgan fingerprint density at radius 3 is 2.56 bits per heavy atom. The lowest BCUT2D eigenvalue weighted by Gasteiger charge is -2.11. The van der Waals surface area contributed by atoms with Gasteiger partial charge in [-0.25, -0.2) is 4.39 Å². The molecule has 0 spiro atoms. The van der Waals surface area contributed by atoms with E-state index in [4.69, 9.17) is 9.47 Å². The number of pyridine rings is 2. The molecular formula is C24H16F4N4O2. The van der Waals surface area contributed by atoms with Crippen LogP contribution < -0.4 is 9.47 Å². The maximum absolute atomic E-state index is 13.7. The molecule has 10 heteroatoms. The summed E-state index contributed by atoms with van der Waals surface area (Å²) >= 11 is 0. The van der Waals surface area contributed by atoms with Crippen molar-refractivity contribution in [2.45, 2.75) is 12.8 Å². The Labute approximate surface area is 190 Å². The predicted octanol–water partition coefficient (Wildman–Crippen LogP) is 5.69. The second-order valence-electron chi connectivity index (χ2n) is 7.44. The van der Waals surface area contributed by atoms with Crippen LogP contribution >= 0.6 is 0 Å². The quantitative estimate of drug-likeness (QED) is 0.310. The van der Waals surface area contributed by atoms with Gasteiger partial charge in [0.2, 0.25) is 0 Å². The number of nitrogens with zero attached hydrogens (tertiary/aromatic N) is 4. The highest BCUT2D eigenvalue weighted by atomic mass is 19.4. The minimum Gasteiger partial charge on any atom is -0.497 e. The first kappa shape index (κ1) is 21.6. The zero-order chi connectivity index (χ0) is 23.9. The molecule has 3 aromatic heterocycles. The second kappa shape index (κ2) is 8.29. The van der Waals surface area contributed by atoms with Gasteiger partial charge in [-0.15, -0.1) is 10.2 Å². The van der Waals surface area contributed by atoms with E-state index in [1.54, 1.807) is 54.2 Å². The summed E-state index contributed by atoms with van der Waals surface area (Å²) in [6.07, 6.45) is -1.59. The highest BCUT2D eigenvalue weighted by Crippen LogP contribution is 2.34. The van der Waals surface area contributed by atoms with Crippen molar-refractivity contribution in [3.63, 3.8) is 0 Å². The molecule has 0 saturated heterocycles. The lowest BCUT2D eigenvalue weighted by Crippen LogP contribution is -2.08. The van der Waals surface area contributed by atoms with Crippen LogP contribution in [0.4, 0.5) is 17.6 Å². The van der Waals surface area contributed by atoms with E-state index in [9.17, 15) is 17.6 Å². The smallest absolute Gasteiger partial charge is 0.419 e. The Kier molecular flexibility index (Phi) is 5.27. The Hall–Kier alpha value is -4.21. The number of hydrogen-bond acceptors (Lipinski definition) is 5. The fourth-order valence-electron chi connectivity index (χ4n) is 3.63. The van der Waals surface area contributed by atoms with Gasteiger partial charge in [-0.05, 0) is 53.6 Å². The molecule has 6 nitrogen and oxygen atoms in total. The average Bonchev–Trinajstić information content (AvgIpc) is 3.24. The van der Waals surface area contributed by atoms with Crippen molar-refractivity contribution in [1.82, 2.24) is 19.6 Å². The van der Waals surface area contributed by atoms with Gasteiger partial charge in [-0.3, -0.25) is 9.38 Å². The molecule has 2 aromatic carbocycles. The molecule has 0 atom stereocenters. The maximum atomic E-state index is 13.7. The maximum Gasteiger partial charge on any atom is 0.419 e. The lowest BCUT2D eigenvalue weighted by atomic mass is 10.0. The van der Waals surface area contributed by atoms with Crippen LogP contribution in [0.25, 0.3) is 27.7 Å². The zero-order valence-electron chi connectivity index (χ0n) is 17.7. The lowest BCUT2D eigenvalue weighted by molar-refractivity contribution is -0.139. The first-order valence-electron chi connectivity index (χ1n) is 10.1. The molecule has 3 heterocycles. The predicted molar refractivity (Wildman–Crippen MR) is 116 cm³/mol. The molecule has 34 heavy (non-hydrogen) atoms. The van der Waals surface area contributed by atoms with E-state index < -0.39 is 17.6 Å². The van der Waals surface area contributed by atoms with Crippen LogP contribution in [-0.4, -0.2) is 26.7 Å². The van der Waals surface area contributed by atoms with E-state index in [1.165, 1.54) is 6.07 Å². The van der Waals surface area contributed by atoms with Crippen LogP contribution in [0, 0.1) is 5.82 Å². The molecule has 0 aliphatic carbocycles. The zero-order valence-corrected chi connectivity index (χ0v) is 17.7. The highest BCUT2D eigenvalue weighted by molar-refractivity contribution is 5.85. The minimum absolute atomic E-state index is 0.0486. The number of rotatable bonds is 5. The summed E-state index contributed by atoms with van der Waals surface area (Å²) in [5, 5.41) is 9.00. The third-order valence-corrected chi connectivity index (χ3v) is 5.34. The third-order valence-electron chi connectivity index (χ3n) is 5.34. The van der Waals surface area contributed by atoms with E-state index in [-0.39, 0.29) is 12.2 Å². The number of alkyl halides is 3. The van der Waals surface area contributed by atoms with E-state index >= 15 is 0 Å². The number of benzene rings is 2. The van der Waals surface area contributed by atoms with Crippen LogP contribution in [0.3, 0.4) is 0 Å². The van der Waals surface area contributed by atoms with E-state index in [0.29, 0.717) is 34.1 Å². The summed E-state index contributed by atoms with van der Waals surface area (Å²) in [6, 6.07) is 13.3. The molecule has 5 aromatic rings. The van der Waals surface area contributed by atoms with Crippen molar-refractivity contribution in [3.05, 3.63) is 84.2 Å². The van der Waals surface area contributed by atoms with Crippen LogP contribution in [0.2, 0.25) is 0 Å². The molecular weight excluding hydrogens is 452 g/mol. The minimum atomic E-state index is -4.79. The van der Waals surface area contributed by atoms with Gasteiger partial charge in [0.25, 0.3) is 0 Å². The Balaban J connectivity index is 1.46. The van der Waals surface area contributed by atoms with Crippen LogP contribution in [0.15, 0.2) is 67.0 Å². The number of methoxy groups -OCH3 is 1. The average molecular weight is 468 g/mol. The number of aromatic nitrogens is 4. The van der Waals surface area contributed by atoms with Crippen LogP contribution in [0.5, 0.6) is 11.5 Å². The number of fused-ring (bicyclic) bond motifs is 2. The van der Waals surface area contributed by atoms with Gasteiger partial charge in [0.1, 0.15) is 23.9 Å². The molecule has 0 radical (unpaired) electrons. The molecule has 0 aliphatic heterocycles. The standard InChI is InChI=1S/C24H16F4N4O2/c1-33-16-4-5-17-20(11-16)29-9-8-21(17)34-13-23-31-30-22-7-3-15(12-32(22)23)14-2-6-19(25)18(10-14)24(26,27)28/h2-12H,13H2,1H3. The molecule has 0 saturated carbocycles. The number of halogens is 4. The fraction of sp³-hybridized carbons (Fsp3) is 0.125. The third kappa shape index (κ3) is 3.98. The second-order valence-corrected chi connectivity index (χ2v) is 7.44. The topological polar surface area (TPSA) is 61.5 Å². The summed E-state index contributed by atoms with van der Waals surface area (Å²) < 4.78 is 65.9. The van der Waals surface area contributed by atoms with Gasteiger partial charge in [0.15, 0.2) is 11.5 Å². The Morgan fingerprint density at radius 2 is 1.76 bits per heavy atom. The summed E-state index contributed by atoms with van der Waals surface area (Å²) in [5.74, 6) is 0.364. The SMILES string of the molecule is COc1ccc2c(OCc3nnc4ccc(-c5ccc(F)c(C(F)(F)F)c5)cn34)ccnc2c1. The van der Waals surface area contributed by atoms with E-state index in [0.717, 1.165) is 17.5 Å². The Morgan fingerprint density at radius 1 is 0.941 bits per heavy atom. The van der Waals surface area contributed by atoms with Crippen LogP contribution in [-0.2, 0) is 12.8 Å². The van der Waals surface area contributed by atoms with E-state index in [1.807, 2.05) is 6.07 Å². The molecule has 0 amide bonds. The van der Waals surface area contributed by atoms with Crippen molar-refractivity contribution in [3.8, 4) is 22.6 Å². The molecule has 0 fully saturated rings. The summed E-state index contributed by atoms with van der Waals surface area (Å²) in [6.45, 7) is 0.0486. The van der Waals surface area contributed by atoms with E-state index in [2.05, 4.69) is 15.2 Å². The molecule has 0 bridgehead atoms. The summed E-state index contributed by atoms with van der Waals surface area (Å²) in [4.78, 5) is 4.32. The first-order valence-corrected chi connectivity index (χ1v) is 10.1. The fourth-order valence-corrected chi connectivity index (χ4v) is 3.63. The van der Waals surface area contributed by atoms with Gasteiger partial charge in [0, 0.05) is 23.8 Å². The van der Waals surface area contributed by atoms with Crippen molar-refractivity contribution in [2.75, 3.05) is 7.11 Å². The largest absolute Gasteiger partial charge is 0.497 e. The summed E-state index contributed by atoms with van der Waals surface area (Å²) in [7, 11) is 1.57. The molecule has 5 rings (SSSR count). The van der Waals surface area contributed by atoms with Gasteiger partial charge in [-0.1, -0.05) is 6.07 Å². The van der Waals surface area contributed by atoms with Gasteiger partial charge in [0.05, 0.1) is 18.2 Å². The van der Waals surface area contributed by atoms with Gasteiger partial charge in [-0.2, -0.15) is 13.2 Å². The highest BCUT2D eigenvalue weighted by Gasteiger charge is 2.34. The molecule has 0 unspecified atom stereocenters. The first-order chi connectivity index (χ1) is 16.3. The molecule has 172 valence electrons. The number of hydrogen-bond donors (Lipinski definition) is 0. The van der Waals surface area contributed by atoms with Crippen molar-refractivity contribution in [1.29, 1.82) is 0 Å². The normalized spacial score (nSPS) is 11.8. The molecule has 0 aliphatic rings. The monoisotopic (exact) mass is 468 g/mol. The van der Waals surface area contributed by atoms with Crippen molar-refractivity contribution >= 4 is 16.6 Å². The summed E-state index contributed by atoms with van der Waals surface area (Å²) in [5.41, 5.74) is 0.524. The van der Waals surface area contributed by atoms with Gasteiger partial charge >= 0.3 is 6.18 Å². The van der Waals surface area contributed by atoms with Crippen molar-refractivity contribution in [2.24, 2.45) is 0 Å². The van der Waals surface area contributed by atoms with Gasteiger partial charge < -0.3 is 9.47 Å². The Bertz CT molecular complexity index is 1510. The van der Waals surface area contributed by atoms with Crippen molar-refractivity contribution < 1.29 is 27.0 Å². The van der Waals surface area contributed by atoms with Crippen LogP contribution in [0.1, 0.15) is 11.4 Å².